The maximum absolute atomic E-state index is 12.5. The summed E-state index contributed by atoms with van der Waals surface area (Å²) in [6.45, 7) is 1.93. The summed E-state index contributed by atoms with van der Waals surface area (Å²) < 4.78 is 2.00. The molecule has 0 spiro atoms. The summed E-state index contributed by atoms with van der Waals surface area (Å²) in [4.78, 5) is 28.1. The first-order valence-electron chi connectivity index (χ1n) is 8.42. The molecule has 0 bridgehead atoms. The fourth-order valence-electron chi connectivity index (χ4n) is 3.55. The number of para-hydroxylation sites is 2. The van der Waals surface area contributed by atoms with E-state index in [0.717, 1.165) is 16.9 Å². The van der Waals surface area contributed by atoms with Crippen molar-refractivity contribution in [3.8, 4) is 0 Å². The molecular weight excluding hydrogens is 306 g/mol. The topological polar surface area (TPSA) is 84.2 Å². The lowest BCUT2D eigenvalue weighted by Gasteiger charge is -2.26. The summed E-state index contributed by atoms with van der Waals surface area (Å²) in [5, 5.41) is 12.1. The maximum atomic E-state index is 12.5. The van der Waals surface area contributed by atoms with Crippen LogP contribution in [0.1, 0.15) is 44.5 Å². The molecule has 1 aliphatic carbocycles. The van der Waals surface area contributed by atoms with Crippen LogP contribution in [0.4, 0.5) is 0 Å². The second-order valence-electron chi connectivity index (χ2n) is 6.63. The molecule has 1 fully saturated rings. The van der Waals surface area contributed by atoms with Gasteiger partial charge in [0, 0.05) is 13.0 Å². The molecule has 0 unspecified atom stereocenters. The molecule has 1 aliphatic rings. The van der Waals surface area contributed by atoms with E-state index in [9.17, 15) is 9.59 Å². The fourth-order valence-corrected chi connectivity index (χ4v) is 3.55. The maximum Gasteiger partial charge on any atom is 0.306 e. The van der Waals surface area contributed by atoms with Crippen molar-refractivity contribution in [2.75, 3.05) is 0 Å². The highest BCUT2D eigenvalue weighted by Gasteiger charge is 2.30. The highest BCUT2D eigenvalue weighted by Crippen LogP contribution is 2.29. The second-order valence-corrected chi connectivity index (χ2v) is 6.63. The highest BCUT2D eigenvalue weighted by atomic mass is 16.4. The van der Waals surface area contributed by atoms with E-state index in [1.54, 1.807) is 0 Å². The van der Waals surface area contributed by atoms with Crippen molar-refractivity contribution in [1.29, 1.82) is 0 Å². The number of benzene rings is 1. The third-order valence-corrected chi connectivity index (χ3v) is 5.02. The average Bonchev–Trinajstić information content (AvgIpc) is 2.92. The molecule has 1 saturated carbocycles. The summed E-state index contributed by atoms with van der Waals surface area (Å²) in [5.74, 6) is -0.326. The van der Waals surface area contributed by atoms with Crippen molar-refractivity contribution >= 4 is 22.9 Å². The molecule has 1 amide bonds. The van der Waals surface area contributed by atoms with Gasteiger partial charge in [0.05, 0.1) is 23.0 Å². The predicted molar refractivity (Wildman–Crippen MR) is 90.4 cm³/mol. The Balaban J connectivity index is 1.66. The summed E-state index contributed by atoms with van der Waals surface area (Å²) in [5.41, 5.74) is 1.95. The lowest BCUT2D eigenvalue weighted by atomic mass is 9.81. The van der Waals surface area contributed by atoms with Crippen LogP contribution in [0, 0.1) is 11.8 Å². The molecule has 24 heavy (non-hydrogen) atoms. The number of nitrogens with one attached hydrogen (secondary N) is 1. The largest absolute Gasteiger partial charge is 0.481 e. The van der Waals surface area contributed by atoms with Gasteiger partial charge in [0.2, 0.25) is 5.91 Å². The number of carboxylic acid groups (broad SMARTS) is 1. The van der Waals surface area contributed by atoms with Crippen molar-refractivity contribution in [3.05, 3.63) is 30.1 Å². The van der Waals surface area contributed by atoms with Crippen LogP contribution < -0.4 is 5.32 Å². The number of fused-ring (bicyclic) bond motifs is 1. The minimum atomic E-state index is -0.748. The number of hydrogen-bond acceptors (Lipinski definition) is 3. The monoisotopic (exact) mass is 329 g/mol. The van der Waals surface area contributed by atoms with Crippen LogP contribution in [-0.4, -0.2) is 26.5 Å². The second kappa shape index (κ2) is 6.63. The van der Waals surface area contributed by atoms with Crippen LogP contribution in [0.15, 0.2) is 24.3 Å². The van der Waals surface area contributed by atoms with Gasteiger partial charge in [-0.05, 0) is 44.7 Å². The molecule has 6 heteroatoms. The first kappa shape index (κ1) is 16.5. The number of amides is 1. The summed E-state index contributed by atoms with van der Waals surface area (Å²) >= 11 is 0. The molecule has 0 radical (unpaired) electrons. The summed E-state index contributed by atoms with van der Waals surface area (Å²) in [6, 6.07) is 7.70. The van der Waals surface area contributed by atoms with E-state index in [-0.39, 0.29) is 23.8 Å². The third-order valence-electron chi connectivity index (χ3n) is 5.02. The minimum Gasteiger partial charge on any atom is -0.481 e. The van der Waals surface area contributed by atoms with Crippen LogP contribution in [-0.2, 0) is 16.6 Å². The lowest BCUT2D eigenvalue weighted by Crippen LogP contribution is -2.36. The first-order valence-corrected chi connectivity index (χ1v) is 8.42. The quantitative estimate of drug-likeness (QED) is 0.903. The molecule has 1 aromatic carbocycles. The van der Waals surface area contributed by atoms with E-state index in [0.29, 0.717) is 25.7 Å². The summed E-state index contributed by atoms with van der Waals surface area (Å²) in [6.07, 6.45) is 2.43. The number of imidazole rings is 1. The zero-order valence-electron chi connectivity index (χ0n) is 14.0. The molecule has 0 saturated heterocycles. The van der Waals surface area contributed by atoms with E-state index in [1.807, 2.05) is 42.8 Å². The Morgan fingerprint density at radius 2 is 1.83 bits per heavy atom. The Morgan fingerprint density at radius 3 is 2.46 bits per heavy atom. The number of carbonyl (C=O) groups is 2. The zero-order valence-corrected chi connectivity index (χ0v) is 14.0. The number of carboxylic acids is 1. The standard InChI is InChI=1S/C18H23N3O3/c1-11(16-20-14-5-3-4-6-15(14)21(16)2)19-17(22)12-7-9-13(10-8-12)18(23)24/h3-6,11-13H,7-10H2,1-2H3,(H,19,22)(H,23,24)/t11-,12?,13?/m1/s1. The van der Waals surface area contributed by atoms with Gasteiger partial charge in [-0.3, -0.25) is 9.59 Å². The van der Waals surface area contributed by atoms with Gasteiger partial charge in [-0.2, -0.15) is 0 Å². The molecule has 6 nitrogen and oxygen atoms in total. The van der Waals surface area contributed by atoms with Crippen LogP contribution in [0.5, 0.6) is 0 Å². The number of aromatic nitrogens is 2. The number of rotatable bonds is 4. The van der Waals surface area contributed by atoms with Gasteiger partial charge in [0.25, 0.3) is 0 Å². The van der Waals surface area contributed by atoms with Crippen molar-refractivity contribution in [3.63, 3.8) is 0 Å². The Labute approximate surface area is 140 Å². The van der Waals surface area contributed by atoms with Gasteiger partial charge in [-0.1, -0.05) is 12.1 Å². The van der Waals surface area contributed by atoms with E-state index >= 15 is 0 Å². The Bertz CT molecular complexity index is 760. The fraction of sp³-hybridized carbons (Fsp3) is 0.500. The lowest BCUT2D eigenvalue weighted by molar-refractivity contribution is -0.144. The van der Waals surface area contributed by atoms with Crippen LogP contribution in [0.3, 0.4) is 0 Å². The molecule has 1 heterocycles. The Kier molecular flexibility index (Phi) is 4.55. The van der Waals surface area contributed by atoms with Crippen LogP contribution >= 0.6 is 0 Å². The van der Waals surface area contributed by atoms with E-state index in [4.69, 9.17) is 5.11 Å². The van der Waals surface area contributed by atoms with Gasteiger partial charge < -0.3 is 15.0 Å². The molecule has 1 atom stereocenters. The van der Waals surface area contributed by atoms with Crippen molar-refractivity contribution in [1.82, 2.24) is 14.9 Å². The van der Waals surface area contributed by atoms with Crippen molar-refractivity contribution in [2.24, 2.45) is 18.9 Å². The normalized spacial score (nSPS) is 22.2. The van der Waals surface area contributed by atoms with Gasteiger partial charge in [-0.15, -0.1) is 0 Å². The van der Waals surface area contributed by atoms with E-state index in [2.05, 4.69) is 10.3 Å². The van der Waals surface area contributed by atoms with Crippen LogP contribution in [0.2, 0.25) is 0 Å². The minimum absolute atomic E-state index is 0.00149. The highest BCUT2D eigenvalue weighted by molar-refractivity contribution is 5.80. The number of aliphatic carboxylic acids is 1. The molecule has 2 aromatic rings. The number of hydrogen-bond donors (Lipinski definition) is 2. The number of aryl methyl sites for hydroxylation is 1. The average molecular weight is 329 g/mol. The Hall–Kier alpha value is -2.37. The molecule has 128 valence electrons. The van der Waals surface area contributed by atoms with Crippen molar-refractivity contribution in [2.45, 2.75) is 38.6 Å². The van der Waals surface area contributed by atoms with E-state index < -0.39 is 5.97 Å². The molecule has 2 N–H and O–H groups in total. The summed E-state index contributed by atoms with van der Waals surface area (Å²) in [7, 11) is 1.95. The molecule has 1 aromatic heterocycles. The van der Waals surface area contributed by atoms with Gasteiger partial charge in [0.15, 0.2) is 0 Å². The van der Waals surface area contributed by atoms with Crippen LogP contribution in [0.25, 0.3) is 11.0 Å². The molecule has 0 aliphatic heterocycles. The van der Waals surface area contributed by atoms with Crippen molar-refractivity contribution < 1.29 is 14.7 Å². The Morgan fingerprint density at radius 1 is 1.21 bits per heavy atom. The predicted octanol–water partition coefficient (Wildman–Crippen LogP) is 2.64. The number of nitrogens with zero attached hydrogens (tertiary/aromatic N) is 2. The third kappa shape index (κ3) is 3.13. The van der Waals surface area contributed by atoms with E-state index in [1.165, 1.54) is 0 Å². The smallest absolute Gasteiger partial charge is 0.306 e. The molecule has 3 rings (SSSR count). The SMILES string of the molecule is C[C@@H](NC(=O)C1CCC(C(=O)O)CC1)c1nc2ccccc2n1C. The van der Waals surface area contributed by atoms with Gasteiger partial charge >= 0.3 is 5.97 Å². The zero-order chi connectivity index (χ0) is 17.3. The number of carbonyl (C=O) groups excluding carboxylic acids is 1. The van der Waals surface area contributed by atoms with Gasteiger partial charge in [0.1, 0.15) is 5.82 Å². The van der Waals surface area contributed by atoms with Gasteiger partial charge in [-0.25, -0.2) is 4.98 Å². The molecular formula is C18H23N3O3. The first-order chi connectivity index (χ1) is 11.5.